The highest BCUT2D eigenvalue weighted by Gasteiger charge is 2.23. The fourth-order valence-corrected chi connectivity index (χ4v) is 6.76. The lowest BCUT2D eigenvalue weighted by molar-refractivity contribution is 0.102. The van der Waals surface area contributed by atoms with Gasteiger partial charge in [-0.3, -0.25) is 10.1 Å². The Balaban J connectivity index is 1.53. The molecule has 4 aromatic rings. The van der Waals surface area contributed by atoms with Crippen LogP contribution in [0.5, 0.6) is 0 Å². The lowest BCUT2D eigenvalue weighted by Gasteiger charge is -2.20. The number of fused-ring (bicyclic) bond motifs is 3. The molecule has 0 unspecified atom stereocenters. The number of nitrogens with one attached hydrogen (secondary N) is 1. The molecule has 0 spiro atoms. The molecule has 0 aliphatic rings. The second kappa shape index (κ2) is 9.22. The summed E-state index contributed by atoms with van der Waals surface area (Å²) in [7, 11) is -3.58. The first-order valence-electron chi connectivity index (χ1n) is 10.4. The van der Waals surface area contributed by atoms with E-state index in [9.17, 15) is 13.2 Å². The molecule has 32 heavy (non-hydrogen) atoms. The minimum Gasteiger partial charge on any atom is -0.298 e. The Labute approximate surface area is 195 Å². The van der Waals surface area contributed by atoms with Gasteiger partial charge in [-0.1, -0.05) is 31.6 Å². The zero-order valence-corrected chi connectivity index (χ0v) is 20.5. The number of thiazole rings is 2. The molecular weight excluding hydrogens is 464 g/mol. The number of benzene rings is 2. The maximum atomic E-state index is 12.9. The van der Waals surface area contributed by atoms with Gasteiger partial charge in [0.25, 0.3) is 5.91 Å². The molecule has 0 bridgehead atoms. The van der Waals surface area contributed by atoms with E-state index in [-0.39, 0.29) is 10.8 Å². The van der Waals surface area contributed by atoms with E-state index in [1.54, 1.807) is 11.3 Å². The van der Waals surface area contributed by atoms with Gasteiger partial charge in [0.1, 0.15) is 5.52 Å². The highest BCUT2D eigenvalue weighted by Crippen LogP contribution is 2.34. The van der Waals surface area contributed by atoms with E-state index in [0.717, 1.165) is 38.3 Å². The maximum Gasteiger partial charge on any atom is 0.257 e. The van der Waals surface area contributed by atoms with Crippen LogP contribution in [-0.4, -0.2) is 41.7 Å². The van der Waals surface area contributed by atoms with Crippen LogP contribution in [0.2, 0.25) is 0 Å². The van der Waals surface area contributed by atoms with Gasteiger partial charge in [0.05, 0.1) is 24.8 Å². The molecule has 0 aliphatic carbocycles. The fraction of sp³-hybridized carbons (Fsp3) is 0.318. The molecule has 0 aliphatic heterocycles. The number of hydrogen-bond donors (Lipinski definition) is 1. The number of anilines is 1. The molecule has 0 atom stereocenters. The van der Waals surface area contributed by atoms with Gasteiger partial charge in [0.2, 0.25) is 10.0 Å². The number of carbonyl (C=O) groups excluding carboxylic acids is 1. The lowest BCUT2D eigenvalue weighted by atomic mass is 10.2. The minimum absolute atomic E-state index is 0.188. The third-order valence-corrected chi connectivity index (χ3v) is 9.03. The van der Waals surface area contributed by atoms with Crippen LogP contribution in [0.3, 0.4) is 0 Å². The predicted molar refractivity (Wildman–Crippen MR) is 131 cm³/mol. The summed E-state index contributed by atoms with van der Waals surface area (Å²) in [6.07, 6.45) is 1.73. The Morgan fingerprint density at radius 1 is 1.06 bits per heavy atom. The molecule has 4 rings (SSSR count). The summed E-state index contributed by atoms with van der Waals surface area (Å²) >= 11 is 3.01. The normalized spacial score (nSPS) is 12.1. The predicted octanol–water partition coefficient (Wildman–Crippen LogP) is 5.28. The van der Waals surface area contributed by atoms with Gasteiger partial charge in [-0.15, -0.1) is 11.3 Å². The van der Waals surface area contributed by atoms with Crippen molar-refractivity contribution in [3.8, 4) is 0 Å². The van der Waals surface area contributed by atoms with Gasteiger partial charge in [-0.05, 0) is 49.7 Å². The summed E-state index contributed by atoms with van der Waals surface area (Å²) in [5.41, 5.74) is 2.06. The zero-order valence-electron chi connectivity index (χ0n) is 18.1. The molecule has 0 radical (unpaired) electrons. The van der Waals surface area contributed by atoms with E-state index in [2.05, 4.69) is 15.3 Å². The molecule has 2 aromatic carbocycles. The van der Waals surface area contributed by atoms with Crippen LogP contribution >= 0.6 is 22.7 Å². The third-order valence-electron chi connectivity index (χ3n) is 5.11. The first-order valence-corrected chi connectivity index (χ1v) is 13.5. The van der Waals surface area contributed by atoms with Gasteiger partial charge in [-0.25, -0.2) is 18.4 Å². The Morgan fingerprint density at radius 3 is 2.50 bits per heavy atom. The summed E-state index contributed by atoms with van der Waals surface area (Å²) in [5, 5.41) is 4.29. The fourth-order valence-electron chi connectivity index (χ4n) is 3.42. The monoisotopic (exact) mass is 488 g/mol. The van der Waals surface area contributed by atoms with E-state index < -0.39 is 10.0 Å². The molecule has 168 valence electrons. The number of nitrogens with zero attached hydrogens (tertiary/aromatic N) is 3. The number of rotatable bonds is 8. The average Bonchev–Trinajstić information content (AvgIpc) is 3.36. The van der Waals surface area contributed by atoms with Crippen LogP contribution in [0.15, 0.2) is 41.3 Å². The van der Waals surface area contributed by atoms with Crippen molar-refractivity contribution < 1.29 is 13.2 Å². The summed E-state index contributed by atoms with van der Waals surface area (Å²) in [6.45, 7) is 6.72. The second-order valence-corrected chi connectivity index (χ2v) is 11.5. The summed E-state index contributed by atoms with van der Waals surface area (Å²) in [6, 6.07) is 9.96. The van der Waals surface area contributed by atoms with Gasteiger partial charge < -0.3 is 0 Å². The molecule has 7 nitrogen and oxygen atoms in total. The van der Waals surface area contributed by atoms with Crippen LogP contribution in [0.25, 0.3) is 20.4 Å². The Bertz CT molecular complexity index is 1370. The molecule has 0 fully saturated rings. The maximum absolute atomic E-state index is 12.9. The van der Waals surface area contributed by atoms with Crippen LogP contribution in [0, 0.1) is 6.92 Å². The molecule has 2 aromatic heterocycles. The first-order chi connectivity index (χ1) is 15.3. The Hall–Kier alpha value is -2.40. The van der Waals surface area contributed by atoms with Crippen molar-refractivity contribution in [2.75, 3.05) is 18.4 Å². The standard InChI is InChI=1S/C22H24N4O3S3/c1-4-6-13-26(5-2)32(28,29)16-9-7-15(8-10-16)21(27)25-22-24-17-11-12-18-19(20(17)31-22)23-14(3)30-18/h7-12H,4-6,13H2,1-3H3,(H,24,25,27). The van der Waals surface area contributed by atoms with E-state index in [1.165, 1.54) is 39.9 Å². The van der Waals surface area contributed by atoms with Crippen molar-refractivity contribution in [2.45, 2.75) is 38.5 Å². The minimum atomic E-state index is -3.58. The largest absolute Gasteiger partial charge is 0.298 e. The number of aromatic nitrogens is 2. The van der Waals surface area contributed by atoms with E-state index in [0.29, 0.717) is 23.8 Å². The van der Waals surface area contributed by atoms with Crippen molar-refractivity contribution in [3.63, 3.8) is 0 Å². The topological polar surface area (TPSA) is 92.3 Å². The molecule has 2 heterocycles. The second-order valence-electron chi connectivity index (χ2n) is 7.34. The molecular formula is C22H24N4O3S3. The Kier molecular flexibility index (Phi) is 6.57. The van der Waals surface area contributed by atoms with Crippen molar-refractivity contribution in [1.82, 2.24) is 14.3 Å². The first kappa shape index (κ1) is 22.8. The van der Waals surface area contributed by atoms with Crippen LogP contribution in [0.1, 0.15) is 42.1 Å². The van der Waals surface area contributed by atoms with E-state index in [4.69, 9.17) is 0 Å². The summed E-state index contributed by atoms with van der Waals surface area (Å²) < 4.78 is 29.2. The van der Waals surface area contributed by atoms with Gasteiger partial charge in [0.15, 0.2) is 5.13 Å². The molecule has 10 heteroatoms. The Morgan fingerprint density at radius 2 is 1.81 bits per heavy atom. The van der Waals surface area contributed by atoms with Crippen molar-refractivity contribution in [3.05, 3.63) is 47.0 Å². The van der Waals surface area contributed by atoms with Crippen molar-refractivity contribution in [2.24, 2.45) is 0 Å². The number of hydrogen-bond acceptors (Lipinski definition) is 7. The average molecular weight is 489 g/mol. The zero-order chi connectivity index (χ0) is 22.9. The molecule has 1 amide bonds. The lowest BCUT2D eigenvalue weighted by Crippen LogP contribution is -2.31. The quantitative estimate of drug-likeness (QED) is 0.364. The van der Waals surface area contributed by atoms with Gasteiger partial charge in [-0.2, -0.15) is 4.31 Å². The molecule has 1 N–H and O–H groups in total. The van der Waals surface area contributed by atoms with Gasteiger partial charge >= 0.3 is 0 Å². The molecule has 0 saturated carbocycles. The van der Waals surface area contributed by atoms with Crippen LogP contribution in [-0.2, 0) is 10.0 Å². The summed E-state index contributed by atoms with van der Waals surface area (Å²) in [4.78, 5) is 22.0. The van der Waals surface area contributed by atoms with Crippen molar-refractivity contribution in [1.29, 1.82) is 0 Å². The summed E-state index contributed by atoms with van der Waals surface area (Å²) in [5.74, 6) is -0.336. The number of sulfonamides is 1. The van der Waals surface area contributed by atoms with Crippen LogP contribution in [0.4, 0.5) is 5.13 Å². The highest BCUT2D eigenvalue weighted by molar-refractivity contribution is 7.89. The number of unbranched alkanes of at least 4 members (excludes halogenated alkanes) is 1. The van der Waals surface area contributed by atoms with Gasteiger partial charge in [0, 0.05) is 18.7 Å². The van der Waals surface area contributed by atoms with E-state index in [1.807, 2.05) is 32.9 Å². The van der Waals surface area contributed by atoms with Crippen molar-refractivity contribution >= 4 is 64.2 Å². The van der Waals surface area contributed by atoms with Crippen LogP contribution < -0.4 is 5.32 Å². The number of carbonyl (C=O) groups is 1. The third kappa shape index (κ3) is 4.40. The smallest absolute Gasteiger partial charge is 0.257 e. The molecule has 0 saturated heterocycles. The number of amides is 1. The highest BCUT2D eigenvalue weighted by atomic mass is 32.2. The number of aryl methyl sites for hydroxylation is 1. The van der Waals surface area contributed by atoms with E-state index >= 15 is 0 Å². The SMILES string of the molecule is CCCCN(CC)S(=O)(=O)c1ccc(C(=O)Nc2nc3ccc4sc(C)nc4c3s2)cc1.